The third kappa shape index (κ3) is 3.01. The minimum atomic E-state index is -0.165. The number of benzene rings is 1. The molecule has 3 N–H and O–H groups in total. The van der Waals surface area contributed by atoms with Crippen LogP contribution < -0.4 is 0 Å². The van der Waals surface area contributed by atoms with Gasteiger partial charge in [0.05, 0.1) is 12.0 Å². The fourth-order valence-electron chi connectivity index (χ4n) is 3.05. The second-order valence-corrected chi connectivity index (χ2v) is 6.07. The number of aromatic nitrogens is 2. The summed E-state index contributed by atoms with van der Waals surface area (Å²) in [5, 5.41) is 29.3. The molecule has 0 fully saturated rings. The Bertz CT molecular complexity index is 886. The van der Waals surface area contributed by atoms with Crippen molar-refractivity contribution in [3.05, 3.63) is 53.5 Å². The molecule has 7 heteroatoms. The van der Waals surface area contributed by atoms with E-state index in [0.717, 1.165) is 24.2 Å². The molecule has 0 amide bonds. The Morgan fingerprint density at radius 2 is 1.96 bits per heavy atom. The van der Waals surface area contributed by atoms with Crippen molar-refractivity contribution in [3.8, 4) is 28.8 Å². The molecular weight excluding hydrogens is 322 g/mol. The molecular formula is C18H17N3O4. The summed E-state index contributed by atoms with van der Waals surface area (Å²) < 4.78 is 5.34. The number of fused-ring (bicyclic) bond motifs is 1. The van der Waals surface area contributed by atoms with Crippen molar-refractivity contribution in [2.75, 3.05) is 6.54 Å². The fraction of sp³-hybridized carbons (Fsp3) is 0.222. The molecule has 4 rings (SSSR count). The van der Waals surface area contributed by atoms with Crippen LogP contribution in [-0.2, 0) is 19.5 Å². The summed E-state index contributed by atoms with van der Waals surface area (Å²) in [6.07, 6.45) is 4.13. The number of phenolic OH excluding ortho intramolecular Hbond substituents is 3. The Hall–Kier alpha value is -3.06. The summed E-state index contributed by atoms with van der Waals surface area (Å²) in [6, 6.07) is 6.08. The summed E-state index contributed by atoms with van der Waals surface area (Å²) in [6.45, 7) is 1.73. The Morgan fingerprint density at radius 3 is 2.68 bits per heavy atom. The van der Waals surface area contributed by atoms with E-state index in [1.54, 1.807) is 18.5 Å². The molecule has 0 saturated heterocycles. The third-order valence-corrected chi connectivity index (χ3v) is 4.32. The van der Waals surface area contributed by atoms with Crippen LogP contribution in [0.4, 0.5) is 0 Å². The van der Waals surface area contributed by atoms with Crippen molar-refractivity contribution in [2.24, 2.45) is 0 Å². The van der Waals surface area contributed by atoms with Crippen LogP contribution in [-0.4, -0.2) is 36.7 Å². The fourth-order valence-corrected chi connectivity index (χ4v) is 3.05. The monoisotopic (exact) mass is 339 g/mol. The van der Waals surface area contributed by atoms with Crippen LogP contribution in [0.25, 0.3) is 11.6 Å². The highest BCUT2D eigenvalue weighted by atomic mass is 16.3. The summed E-state index contributed by atoms with van der Waals surface area (Å²) in [5.41, 5.74) is 2.39. The summed E-state index contributed by atoms with van der Waals surface area (Å²) in [5.74, 6) is 0.817. The van der Waals surface area contributed by atoms with Crippen LogP contribution in [0.5, 0.6) is 17.2 Å². The summed E-state index contributed by atoms with van der Waals surface area (Å²) >= 11 is 0. The Kier molecular flexibility index (Phi) is 3.77. The minimum Gasteiger partial charge on any atom is -0.508 e. The summed E-state index contributed by atoms with van der Waals surface area (Å²) in [7, 11) is 0. The molecule has 1 aromatic carbocycles. The molecule has 1 aliphatic rings. The maximum atomic E-state index is 9.96. The Morgan fingerprint density at radius 1 is 1.16 bits per heavy atom. The first-order valence-electron chi connectivity index (χ1n) is 7.95. The van der Waals surface area contributed by atoms with Crippen molar-refractivity contribution in [2.45, 2.75) is 19.5 Å². The van der Waals surface area contributed by atoms with Crippen LogP contribution in [0.15, 0.2) is 41.1 Å². The average Bonchev–Trinajstić information content (AvgIpc) is 3.12. The topological polar surface area (TPSA) is 103 Å². The average molecular weight is 339 g/mol. The smallest absolute Gasteiger partial charge is 0.195 e. The van der Waals surface area contributed by atoms with E-state index in [0.29, 0.717) is 30.2 Å². The molecule has 7 nitrogen and oxygen atoms in total. The van der Waals surface area contributed by atoms with E-state index >= 15 is 0 Å². The van der Waals surface area contributed by atoms with Gasteiger partial charge in [-0.2, -0.15) is 0 Å². The van der Waals surface area contributed by atoms with Crippen LogP contribution in [0.1, 0.15) is 16.8 Å². The maximum absolute atomic E-state index is 9.96. The van der Waals surface area contributed by atoms with Gasteiger partial charge in [0.1, 0.15) is 17.2 Å². The molecule has 2 aromatic heterocycles. The zero-order valence-electron chi connectivity index (χ0n) is 13.4. The van der Waals surface area contributed by atoms with Crippen LogP contribution >= 0.6 is 0 Å². The third-order valence-electron chi connectivity index (χ3n) is 4.32. The van der Waals surface area contributed by atoms with Crippen molar-refractivity contribution >= 4 is 0 Å². The highest BCUT2D eigenvalue weighted by Gasteiger charge is 2.21. The highest BCUT2D eigenvalue weighted by molar-refractivity contribution is 5.49. The molecule has 0 radical (unpaired) electrons. The number of rotatable bonds is 3. The molecule has 1 aliphatic heterocycles. The largest absolute Gasteiger partial charge is 0.508 e. The Balaban J connectivity index is 1.54. The molecule has 0 bridgehead atoms. The van der Waals surface area contributed by atoms with Gasteiger partial charge in [-0.05, 0) is 12.1 Å². The summed E-state index contributed by atoms with van der Waals surface area (Å²) in [4.78, 5) is 11.0. The first kappa shape index (κ1) is 15.5. The van der Waals surface area contributed by atoms with E-state index in [-0.39, 0.29) is 17.2 Å². The van der Waals surface area contributed by atoms with Gasteiger partial charge >= 0.3 is 0 Å². The van der Waals surface area contributed by atoms with Crippen molar-refractivity contribution in [1.82, 2.24) is 14.9 Å². The number of hydrogen-bond acceptors (Lipinski definition) is 7. The molecule has 0 unspecified atom stereocenters. The highest BCUT2D eigenvalue weighted by Crippen LogP contribution is 2.33. The molecule has 0 aliphatic carbocycles. The minimum absolute atomic E-state index is 0.118. The van der Waals surface area contributed by atoms with E-state index in [1.165, 1.54) is 12.1 Å². The number of furan rings is 1. The van der Waals surface area contributed by atoms with E-state index < -0.39 is 0 Å². The molecule has 128 valence electrons. The predicted molar refractivity (Wildman–Crippen MR) is 89.0 cm³/mol. The van der Waals surface area contributed by atoms with E-state index in [1.807, 2.05) is 6.07 Å². The van der Waals surface area contributed by atoms with E-state index in [4.69, 9.17) is 4.42 Å². The molecule has 0 saturated carbocycles. The zero-order chi connectivity index (χ0) is 17.4. The second kappa shape index (κ2) is 6.10. The first-order valence-corrected chi connectivity index (χ1v) is 7.95. The quantitative estimate of drug-likeness (QED) is 0.673. The van der Waals surface area contributed by atoms with E-state index in [2.05, 4.69) is 14.9 Å². The van der Waals surface area contributed by atoms with Gasteiger partial charge in [-0.1, -0.05) is 0 Å². The van der Waals surface area contributed by atoms with Gasteiger partial charge in [0.15, 0.2) is 11.6 Å². The molecule has 3 aromatic rings. The normalized spacial score (nSPS) is 14.4. The maximum Gasteiger partial charge on any atom is 0.195 e. The van der Waals surface area contributed by atoms with Crippen LogP contribution in [0.3, 0.4) is 0 Å². The number of hydrogen-bond donors (Lipinski definition) is 3. The van der Waals surface area contributed by atoms with Gasteiger partial charge in [0, 0.05) is 55.5 Å². The van der Waals surface area contributed by atoms with Crippen LogP contribution in [0.2, 0.25) is 0 Å². The van der Waals surface area contributed by atoms with Gasteiger partial charge < -0.3 is 19.7 Å². The number of nitrogens with zero attached hydrogens (tertiary/aromatic N) is 3. The lowest BCUT2D eigenvalue weighted by Gasteiger charge is -2.28. The van der Waals surface area contributed by atoms with Crippen molar-refractivity contribution in [3.63, 3.8) is 0 Å². The second-order valence-electron chi connectivity index (χ2n) is 6.07. The lowest BCUT2D eigenvalue weighted by Crippen LogP contribution is -2.31. The molecule has 0 atom stereocenters. The van der Waals surface area contributed by atoms with Crippen LogP contribution in [0, 0.1) is 0 Å². The zero-order valence-corrected chi connectivity index (χ0v) is 13.4. The first-order chi connectivity index (χ1) is 12.1. The van der Waals surface area contributed by atoms with E-state index in [9.17, 15) is 15.3 Å². The molecule has 0 spiro atoms. The standard InChI is InChI=1S/C18H17N3O4/c22-12-6-15(23)13(16(24)7-12)10-21-4-3-14-11(9-21)8-19-18(20-14)17-2-1-5-25-17/h1-2,5-8,22-24H,3-4,9-10H2. The van der Waals surface area contributed by atoms with Crippen molar-refractivity contribution in [1.29, 1.82) is 0 Å². The van der Waals surface area contributed by atoms with Gasteiger partial charge in [-0.15, -0.1) is 0 Å². The number of phenols is 3. The SMILES string of the molecule is Oc1cc(O)c(CN2CCc3nc(-c4ccco4)ncc3C2)c(O)c1. The molecule has 3 heterocycles. The van der Waals surface area contributed by atoms with Crippen molar-refractivity contribution < 1.29 is 19.7 Å². The number of aromatic hydroxyl groups is 3. The molecule has 25 heavy (non-hydrogen) atoms. The lowest BCUT2D eigenvalue weighted by atomic mass is 10.1. The van der Waals surface area contributed by atoms with Gasteiger partial charge in [0.25, 0.3) is 0 Å². The van der Waals surface area contributed by atoms with Gasteiger partial charge in [-0.3, -0.25) is 4.90 Å². The van der Waals surface area contributed by atoms with Gasteiger partial charge in [0.2, 0.25) is 0 Å². The predicted octanol–water partition coefficient (Wildman–Crippen LogP) is 2.41. The Labute approximate surface area is 143 Å². The lowest BCUT2D eigenvalue weighted by molar-refractivity contribution is 0.236. The van der Waals surface area contributed by atoms with Gasteiger partial charge in [-0.25, -0.2) is 9.97 Å².